The second kappa shape index (κ2) is 9.13. The molecule has 0 spiro atoms. The summed E-state index contributed by atoms with van der Waals surface area (Å²) in [4.78, 5) is 25.5. The fourth-order valence-electron chi connectivity index (χ4n) is 4.01. The minimum Gasteiger partial charge on any atom is -0.478 e. The maximum atomic E-state index is 12.0. The lowest BCUT2D eigenvalue weighted by molar-refractivity contribution is -0.158. The van der Waals surface area contributed by atoms with E-state index >= 15 is 0 Å². The highest BCUT2D eigenvalue weighted by Gasteiger charge is 2.42. The van der Waals surface area contributed by atoms with Crippen molar-refractivity contribution in [1.29, 1.82) is 0 Å². The van der Waals surface area contributed by atoms with Crippen LogP contribution in [0.2, 0.25) is 0 Å². The second-order valence-corrected chi connectivity index (χ2v) is 8.74. The van der Waals surface area contributed by atoms with E-state index in [0.29, 0.717) is 47.4 Å². The number of anilines is 2. The molecule has 174 valence electrons. The molecule has 0 aliphatic heterocycles. The van der Waals surface area contributed by atoms with E-state index in [2.05, 4.69) is 44.4 Å². The molecular formula is C23H29N7O3. The zero-order valence-electron chi connectivity index (χ0n) is 19.4. The number of aromatic nitrogens is 6. The van der Waals surface area contributed by atoms with Gasteiger partial charge in [0.05, 0.1) is 11.4 Å². The second-order valence-electron chi connectivity index (χ2n) is 8.74. The minimum atomic E-state index is -1.19. The van der Waals surface area contributed by atoms with Crippen LogP contribution in [0.1, 0.15) is 63.3 Å². The van der Waals surface area contributed by atoms with E-state index in [1.165, 1.54) is 0 Å². The maximum Gasteiger partial charge on any atom is 0.348 e. The molecular weight excluding hydrogens is 422 g/mol. The Labute approximate surface area is 192 Å². The molecule has 0 bridgehead atoms. The average molecular weight is 452 g/mol. The largest absolute Gasteiger partial charge is 0.478 e. The van der Waals surface area contributed by atoms with Gasteiger partial charge in [-0.3, -0.25) is 0 Å². The van der Waals surface area contributed by atoms with Crippen LogP contribution in [0.15, 0.2) is 24.4 Å². The van der Waals surface area contributed by atoms with Crippen molar-refractivity contribution in [1.82, 2.24) is 29.9 Å². The number of nitrogens with zero attached hydrogens (tertiary/aromatic N) is 6. The van der Waals surface area contributed by atoms with Crippen LogP contribution < -0.4 is 10.1 Å². The molecule has 1 aliphatic carbocycles. The molecule has 0 radical (unpaired) electrons. The zero-order valence-corrected chi connectivity index (χ0v) is 19.4. The Morgan fingerprint density at radius 2 is 1.94 bits per heavy atom. The van der Waals surface area contributed by atoms with Gasteiger partial charge >= 0.3 is 5.97 Å². The number of nitrogens with one attached hydrogen (secondary N) is 1. The number of carbonyl (C=O) groups is 1. The third kappa shape index (κ3) is 4.64. The third-order valence-corrected chi connectivity index (χ3v) is 5.96. The maximum absolute atomic E-state index is 12.0. The first-order chi connectivity index (χ1) is 15.8. The smallest absolute Gasteiger partial charge is 0.348 e. The topological polar surface area (TPSA) is 128 Å². The van der Waals surface area contributed by atoms with E-state index < -0.39 is 11.6 Å². The SMILES string of the molecule is Cc1nc(-c2nnn(C)c2Nc2nccc(C(C)C)n2)ccc1OC1(C(=O)O)CCCCC1. The number of aliphatic carboxylic acids is 1. The lowest BCUT2D eigenvalue weighted by Crippen LogP contribution is -2.46. The van der Waals surface area contributed by atoms with E-state index in [-0.39, 0.29) is 5.92 Å². The van der Waals surface area contributed by atoms with E-state index in [4.69, 9.17) is 4.74 Å². The summed E-state index contributed by atoms with van der Waals surface area (Å²) in [6.07, 6.45) is 5.42. The van der Waals surface area contributed by atoms with Gasteiger partial charge in [-0.15, -0.1) is 5.10 Å². The standard InChI is InChI=1S/C23H29N7O3/c1-14(2)16-10-13-24-22(26-16)27-20-19(28-29-30(20)4)17-8-9-18(15(3)25-17)33-23(21(31)32)11-6-5-7-12-23/h8-10,13-14H,5-7,11-12H2,1-4H3,(H,31,32)(H,24,26,27). The predicted molar refractivity (Wildman–Crippen MR) is 122 cm³/mol. The number of carboxylic acid groups (broad SMARTS) is 1. The highest BCUT2D eigenvalue weighted by atomic mass is 16.5. The molecule has 10 heteroatoms. The normalized spacial score (nSPS) is 15.4. The van der Waals surface area contributed by atoms with Crippen molar-refractivity contribution in [3.05, 3.63) is 35.8 Å². The van der Waals surface area contributed by atoms with Gasteiger partial charge in [0.25, 0.3) is 0 Å². The summed E-state index contributed by atoms with van der Waals surface area (Å²) >= 11 is 0. The van der Waals surface area contributed by atoms with Crippen molar-refractivity contribution < 1.29 is 14.6 Å². The van der Waals surface area contributed by atoms with Crippen LogP contribution in [0.5, 0.6) is 5.75 Å². The molecule has 1 fully saturated rings. The average Bonchev–Trinajstić information content (AvgIpc) is 3.16. The summed E-state index contributed by atoms with van der Waals surface area (Å²) in [6.45, 7) is 5.94. The Morgan fingerprint density at radius 3 is 2.61 bits per heavy atom. The Hall–Kier alpha value is -3.56. The first kappa shape index (κ1) is 22.6. The van der Waals surface area contributed by atoms with E-state index in [0.717, 1.165) is 25.0 Å². The number of hydrogen-bond acceptors (Lipinski definition) is 8. The molecule has 1 aliphatic rings. The summed E-state index contributed by atoms with van der Waals surface area (Å²) in [5.74, 6) is 0.868. The number of carboxylic acids is 1. The number of hydrogen-bond donors (Lipinski definition) is 2. The predicted octanol–water partition coefficient (Wildman–Crippen LogP) is 4.01. The highest BCUT2D eigenvalue weighted by molar-refractivity contribution is 5.78. The van der Waals surface area contributed by atoms with E-state index in [9.17, 15) is 9.90 Å². The van der Waals surface area contributed by atoms with Gasteiger partial charge in [0.1, 0.15) is 5.75 Å². The molecule has 4 rings (SSSR count). The van der Waals surface area contributed by atoms with Gasteiger partial charge in [-0.25, -0.2) is 24.4 Å². The van der Waals surface area contributed by atoms with Gasteiger partial charge in [-0.05, 0) is 56.7 Å². The summed E-state index contributed by atoms with van der Waals surface area (Å²) in [6, 6.07) is 5.41. The number of pyridine rings is 1. The van der Waals surface area contributed by atoms with Gasteiger partial charge < -0.3 is 15.2 Å². The molecule has 3 heterocycles. The summed E-state index contributed by atoms with van der Waals surface area (Å²) < 4.78 is 7.65. The van der Waals surface area contributed by atoms with Crippen molar-refractivity contribution in [2.45, 2.75) is 64.4 Å². The Balaban J connectivity index is 1.61. The molecule has 0 aromatic carbocycles. The molecule has 33 heavy (non-hydrogen) atoms. The van der Waals surface area contributed by atoms with Crippen LogP contribution in [0.3, 0.4) is 0 Å². The monoisotopic (exact) mass is 451 g/mol. The zero-order chi connectivity index (χ0) is 23.6. The number of rotatable bonds is 7. The first-order valence-corrected chi connectivity index (χ1v) is 11.2. The van der Waals surface area contributed by atoms with Crippen LogP contribution in [0, 0.1) is 6.92 Å². The summed E-state index contributed by atoms with van der Waals surface area (Å²) in [5, 5.41) is 21.4. The molecule has 2 N–H and O–H groups in total. The van der Waals surface area contributed by atoms with Gasteiger partial charge in [-0.2, -0.15) is 0 Å². The van der Waals surface area contributed by atoms with Crippen molar-refractivity contribution in [2.24, 2.45) is 7.05 Å². The highest BCUT2D eigenvalue weighted by Crippen LogP contribution is 2.35. The van der Waals surface area contributed by atoms with Crippen LogP contribution in [0.25, 0.3) is 11.4 Å². The molecule has 0 saturated heterocycles. The molecule has 0 atom stereocenters. The van der Waals surface area contributed by atoms with Gasteiger partial charge in [0.15, 0.2) is 11.5 Å². The van der Waals surface area contributed by atoms with E-state index in [1.54, 1.807) is 37.0 Å². The Bertz CT molecular complexity index is 1150. The lowest BCUT2D eigenvalue weighted by atomic mass is 9.84. The van der Waals surface area contributed by atoms with E-state index in [1.807, 2.05) is 6.07 Å². The molecule has 0 amide bonds. The fraction of sp³-hybridized carbons (Fsp3) is 0.478. The van der Waals surface area contributed by atoms with Crippen molar-refractivity contribution >= 4 is 17.7 Å². The summed E-state index contributed by atoms with van der Waals surface area (Å²) in [7, 11) is 1.77. The quantitative estimate of drug-likeness (QED) is 0.547. The molecule has 10 nitrogen and oxygen atoms in total. The molecule has 0 unspecified atom stereocenters. The van der Waals surface area contributed by atoms with Crippen molar-refractivity contribution in [3.63, 3.8) is 0 Å². The van der Waals surface area contributed by atoms with Gasteiger partial charge in [0, 0.05) is 18.9 Å². The minimum absolute atomic E-state index is 0.271. The van der Waals surface area contributed by atoms with Crippen LogP contribution in [-0.2, 0) is 11.8 Å². The Kier molecular flexibility index (Phi) is 6.26. The van der Waals surface area contributed by atoms with Crippen LogP contribution >= 0.6 is 0 Å². The van der Waals surface area contributed by atoms with Gasteiger partial charge in [0.2, 0.25) is 11.5 Å². The third-order valence-electron chi connectivity index (χ3n) is 5.96. The van der Waals surface area contributed by atoms with Gasteiger partial charge in [-0.1, -0.05) is 25.5 Å². The van der Waals surface area contributed by atoms with Crippen LogP contribution in [-0.4, -0.2) is 46.6 Å². The lowest BCUT2D eigenvalue weighted by Gasteiger charge is -2.34. The Morgan fingerprint density at radius 1 is 1.18 bits per heavy atom. The molecule has 3 aromatic heterocycles. The van der Waals surface area contributed by atoms with Crippen molar-refractivity contribution in [2.75, 3.05) is 5.32 Å². The fourth-order valence-corrected chi connectivity index (χ4v) is 4.01. The van der Waals surface area contributed by atoms with Crippen LogP contribution in [0.4, 0.5) is 11.8 Å². The molecule has 1 saturated carbocycles. The molecule has 3 aromatic rings. The summed E-state index contributed by atoms with van der Waals surface area (Å²) in [5.41, 5.74) is 1.45. The number of aryl methyl sites for hydroxylation is 2. The van der Waals surface area contributed by atoms with Crippen molar-refractivity contribution in [3.8, 4) is 17.1 Å². The number of ether oxygens (including phenoxy) is 1. The first-order valence-electron chi connectivity index (χ1n) is 11.2.